The predicted molar refractivity (Wildman–Crippen MR) is 101 cm³/mol. The molecular weight excluding hydrogens is 336 g/mol. The fraction of sp³-hybridized carbons (Fsp3) is 0.294. The molecule has 0 aliphatic carbocycles. The third-order valence-corrected chi connectivity index (χ3v) is 3.99. The van der Waals surface area contributed by atoms with Gasteiger partial charge < -0.3 is 15.4 Å². The van der Waals surface area contributed by atoms with E-state index >= 15 is 0 Å². The molecule has 0 fully saturated rings. The molecular formula is C17H20N6OS. The van der Waals surface area contributed by atoms with E-state index in [0.29, 0.717) is 16.6 Å². The predicted octanol–water partition coefficient (Wildman–Crippen LogP) is 3.88. The molecule has 2 N–H and O–H groups in total. The lowest BCUT2D eigenvalue weighted by atomic mass is 10.2. The summed E-state index contributed by atoms with van der Waals surface area (Å²) in [5, 5.41) is 6.94. The van der Waals surface area contributed by atoms with E-state index in [2.05, 4.69) is 30.0 Å². The van der Waals surface area contributed by atoms with Gasteiger partial charge in [0.2, 0.25) is 5.13 Å². The smallest absolute Gasteiger partial charge is 0.208 e. The second-order valence-electron chi connectivity index (χ2n) is 5.73. The summed E-state index contributed by atoms with van der Waals surface area (Å²) in [6, 6.07) is 5.75. The van der Waals surface area contributed by atoms with Crippen LogP contribution >= 0.6 is 11.5 Å². The van der Waals surface area contributed by atoms with Gasteiger partial charge in [-0.3, -0.25) is 0 Å². The zero-order chi connectivity index (χ0) is 17.8. The molecule has 0 spiro atoms. The first-order valence-electron chi connectivity index (χ1n) is 7.93. The second-order valence-corrected chi connectivity index (χ2v) is 6.49. The van der Waals surface area contributed by atoms with Crippen LogP contribution in [0, 0.1) is 6.92 Å². The van der Waals surface area contributed by atoms with Crippen LogP contribution in [0.4, 0.5) is 16.6 Å². The van der Waals surface area contributed by atoms with E-state index in [0.717, 1.165) is 22.8 Å². The summed E-state index contributed by atoms with van der Waals surface area (Å²) >= 11 is 1.27. The number of pyridine rings is 2. The first-order valence-corrected chi connectivity index (χ1v) is 8.70. The second kappa shape index (κ2) is 7.43. The van der Waals surface area contributed by atoms with E-state index in [1.807, 2.05) is 46.0 Å². The van der Waals surface area contributed by atoms with Crippen LogP contribution in [-0.4, -0.2) is 32.5 Å². The van der Waals surface area contributed by atoms with Crippen LogP contribution in [0.5, 0.6) is 5.75 Å². The molecule has 130 valence electrons. The van der Waals surface area contributed by atoms with Crippen molar-refractivity contribution in [2.45, 2.75) is 26.9 Å². The molecule has 0 saturated carbocycles. The molecule has 8 heteroatoms. The number of nitrogens with zero attached hydrogens (tertiary/aromatic N) is 4. The number of aromatic nitrogens is 4. The normalized spacial score (nSPS) is 10.8. The van der Waals surface area contributed by atoms with Crippen molar-refractivity contribution in [2.75, 3.05) is 17.7 Å². The molecule has 3 heterocycles. The largest absolute Gasteiger partial charge is 0.489 e. The minimum Gasteiger partial charge on any atom is -0.489 e. The van der Waals surface area contributed by atoms with Crippen molar-refractivity contribution in [3.63, 3.8) is 0 Å². The Labute approximate surface area is 150 Å². The third-order valence-electron chi connectivity index (χ3n) is 3.36. The van der Waals surface area contributed by atoms with Gasteiger partial charge in [0.15, 0.2) is 5.82 Å². The summed E-state index contributed by atoms with van der Waals surface area (Å²) in [6.07, 6.45) is 3.57. The summed E-state index contributed by atoms with van der Waals surface area (Å²) in [5.74, 6) is 2.07. The van der Waals surface area contributed by atoms with E-state index in [-0.39, 0.29) is 6.10 Å². The highest BCUT2D eigenvalue weighted by molar-refractivity contribution is 7.09. The molecule has 0 bridgehead atoms. The van der Waals surface area contributed by atoms with Crippen LogP contribution in [0.3, 0.4) is 0 Å². The van der Waals surface area contributed by atoms with Gasteiger partial charge in [-0.2, -0.15) is 9.36 Å². The van der Waals surface area contributed by atoms with Gasteiger partial charge in [-0.15, -0.1) is 0 Å². The Kier molecular flexibility index (Phi) is 5.08. The van der Waals surface area contributed by atoms with Gasteiger partial charge in [-0.1, -0.05) is 0 Å². The quantitative estimate of drug-likeness (QED) is 0.693. The van der Waals surface area contributed by atoms with Crippen molar-refractivity contribution >= 4 is 28.2 Å². The zero-order valence-corrected chi connectivity index (χ0v) is 15.4. The Morgan fingerprint density at radius 3 is 2.64 bits per heavy atom. The Hall–Kier alpha value is -2.74. The lowest BCUT2D eigenvalue weighted by Crippen LogP contribution is -2.05. The molecule has 3 rings (SSSR count). The molecule has 3 aromatic rings. The maximum Gasteiger partial charge on any atom is 0.208 e. The maximum atomic E-state index is 5.59. The number of hydrogen-bond acceptors (Lipinski definition) is 8. The summed E-state index contributed by atoms with van der Waals surface area (Å²) in [7, 11) is 1.87. The monoisotopic (exact) mass is 356 g/mol. The van der Waals surface area contributed by atoms with E-state index < -0.39 is 0 Å². The summed E-state index contributed by atoms with van der Waals surface area (Å²) in [5.41, 5.74) is 2.70. The van der Waals surface area contributed by atoms with Crippen LogP contribution in [0.15, 0.2) is 30.6 Å². The van der Waals surface area contributed by atoms with Crippen molar-refractivity contribution in [3.05, 3.63) is 36.2 Å². The molecule has 0 aromatic carbocycles. The highest BCUT2D eigenvalue weighted by atomic mass is 32.1. The molecule has 25 heavy (non-hydrogen) atoms. The van der Waals surface area contributed by atoms with Gasteiger partial charge in [0, 0.05) is 18.6 Å². The van der Waals surface area contributed by atoms with Gasteiger partial charge in [0.1, 0.15) is 17.3 Å². The van der Waals surface area contributed by atoms with Crippen molar-refractivity contribution in [2.24, 2.45) is 0 Å². The van der Waals surface area contributed by atoms with Gasteiger partial charge in [-0.25, -0.2) is 9.97 Å². The highest BCUT2D eigenvalue weighted by Gasteiger charge is 2.10. The molecule has 0 saturated heterocycles. The summed E-state index contributed by atoms with van der Waals surface area (Å²) in [4.78, 5) is 13.3. The fourth-order valence-corrected chi connectivity index (χ4v) is 2.75. The Morgan fingerprint density at radius 1 is 1.16 bits per heavy atom. The maximum absolute atomic E-state index is 5.59. The minimum atomic E-state index is 0.117. The number of anilines is 3. The van der Waals surface area contributed by atoms with Crippen LogP contribution in [0.1, 0.15) is 19.4 Å². The van der Waals surface area contributed by atoms with Crippen LogP contribution in [-0.2, 0) is 0 Å². The van der Waals surface area contributed by atoms with E-state index in [4.69, 9.17) is 4.74 Å². The Morgan fingerprint density at radius 2 is 2.00 bits per heavy atom. The van der Waals surface area contributed by atoms with Crippen LogP contribution in [0.25, 0.3) is 11.5 Å². The topological polar surface area (TPSA) is 84.9 Å². The van der Waals surface area contributed by atoms with Crippen molar-refractivity contribution in [1.29, 1.82) is 0 Å². The molecule has 3 aromatic heterocycles. The van der Waals surface area contributed by atoms with Crippen LogP contribution in [0.2, 0.25) is 0 Å². The highest BCUT2D eigenvalue weighted by Crippen LogP contribution is 2.25. The van der Waals surface area contributed by atoms with E-state index in [9.17, 15) is 0 Å². The van der Waals surface area contributed by atoms with Gasteiger partial charge >= 0.3 is 0 Å². The van der Waals surface area contributed by atoms with Crippen molar-refractivity contribution in [3.8, 4) is 17.3 Å². The van der Waals surface area contributed by atoms with Crippen LogP contribution < -0.4 is 15.4 Å². The Balaban J connectivity index is 1.74. The molecule has 0 aliphatic heterocycles. The van der Waals surface area contributed by atoms with Gasteiger partial charge in [0.25, 0.3) is 0 Å². The van der Waals surface area contributed by atoms with E-state index in [1.165, 1.54) is 11.5 Å². The van der Waals surface area contributed by atoms with Gasteiger partial charge in [0.05, 0.1) is 24.2 Å². The number of aryl methyl sites for hydroxylation is 1. The lowest BCUT2D eigenvalue weighted by Gasteiger charge is -2.08. The average molecular weight is 356 g/mol. The minimum absolute atomic E-state index is 0.117. The number of ether oxygens (including phenoxy) is 1. The van der Waals surface area contributed by atoms with Crippen molar-refractivity contribution in [1.82, 2.24) is 19.3 Å². The molecule has 0 amide bonds. The van der Waals surface area contributed by atoms with Gasteiger partial charge in [-0.05, 0) is 44.5 Å². The molecule has 7 nitrogen and oxygen atoms in total. The molecule has 0 unspecified atom stereocenters. The van der Waals surface area contributed by atoms with E-state index in [1.54, 1.807) is 12.4 Å². The lowest BCUT2D eigenvalue weighted by molar-refractivity contribution is 0.241. The first kappa shape index (κ1) is 17.1. The SMILES string of the molecule is CNc1cnc(Nc2nc(-c3ccc(OC(C)C)cn3)ns2)c(C)c1. The zero-order valence-electron chi connectivity index (χ0n) is 14.6. The molecule has 0 aliphatic rings. The number of nitrogens with one attached hydrogen (secondary N) is 2. The standard InChI is InChI=1S/C17H20N6OS/c1-10(2)24-13-5-6-14(19-9-13)16-22-17(25-23-16)21-15-11(3)7-12(18-4)8-20-15/h5-10,18H,1-4H3,(H,20,21,22,23). The fourth-order valence-electron chi connectivity index (χ4n) is 2.18. The first-order chi connectivity index (χ1) is 12.0. The summed E-state index contributed by atoms with van der Waals surface area (Å²) < 4.78 is 9.96. The third kappa shape index (κ3) is 4.21. The van der Waals surface area contributed by atoms with Crippen molar-refractivity contribution < 1.29 is 4.74 Å². The molecule has 0 radical (unpaired) electrons. The summed E-state index contributed by atoms with van der Waals surface area (Å²) in [6.45, 7) is 5.95. The number of hydrogen-bond donors (Lipinski definition) is 2. The number of rotatable bonds is 6. The average Bonchev–Trinajstić information content (AvgIpc) is 3.05. The molecule has 0 atom stereocenters. The Bertz CT molecular complexity index is 847.